The summed E-state index contributed by atoms with van der Waals surface area (Å²) in [5.74, 6) is 0.934. The van der Waals surface area contributed by atoms with Crippen LogP contribution in [0.25, 0.3) is 0 Å². The van der Waals surface area contributed by atoms with Crippen molar-refractivity contribution in [1.29, 1.82) is 0 Å². The molecule has 3 rings (SSSR count). The first-order valence-electron chi connectivity index (χ1n) is 7.74. The fourth-order valence-electron chi connectivity index (χ4n) is 2.10. The minimum Gasteiger partial charge on any atom is -0.467 e. The Bertz CT molecular complexity index is 697. The van der Waals surface area contributed by atoms with Gasteiger partial charge in [0, 0.05) is 12.5 Å². The van der Waals surface area contributed by atoms with Crippen LogP contribution in [0.15, 0.2) is 27.2 Å². The lowest BCUT2D eigenvalue weighted by molar-refractivity contribution is -0.119. The molecule has 1 N–H and O–H groups in total. The first-order valence-corrected chi connectivity index (χ1v) is 9.55. The van der Waals surface area contributed by atoms with E-state index in [1.165, 1.54) is 23.1 Å². The molecule has 128 valence electrons. The normalized spacial score (nSPS) is 13.7. The van der Waals surface area contributed by atoms with E-state index in [2.05, 4.69) is 15.5 Å². The molecule has 1 fully saturated rings. The minimum absolute atomic E-state index is 0.0707. The highest BCUT2D eigenvalue weighted by atomic mass is 32.2. The number of amides is 2. The van der Waals surface area contributed by atoms with Crippen LogP contribution in [0.3, 0.4) is 0 Å². The number of carbonyl (C=O) groups excluding carboxylic acids is 2. The van der Waals surface area contributed by atoms with Gasteiger partial charge in [0.15, 0.2) is 4.34 Å². The smallest absolute Gasteiger partial charge is 0.230 e. The Morgan fingerprint density at radius 3 is 2.96 bits per heavy atom. The molecule has 24 heavy (non-hydrogen) atoms. The van der Waals surface area contributed by atoms with E-state index in [4.69, 9.17) is 4.42 Å². The van der Waals surface area contributed by atoms with E-state index < -0.39 is 0 Å². The minimum atomic E-state index is -0.100. The molecule has 0 aliphatic heterocycles. The van der Waals surface area contributed by atoms with Gasteiger partial charge in [-0.1, -0.05) is 30.0 Å². The summed E-state index contributed by atoms with van der Waals surface area (Å²) in [5.41, 5.74) is 0. The lowest BCUT2D eigenvalue weighted by Gasteiger charge is -2.17. The summed E-state index contributed by atoms with van der Waals surface area (Å²) in [6.07, 6.45) is 4.06. The van der Waals surface area contributed by atoms with Crippen LogP contribution in [0.4, 0.5) is 5.13 Å². The van der Waals surface area contributed by atoms with Crippen LogP contribution >= 0.6 is 23.1 Å². The summed E-state index contributed by atoms with van der Waals surface area (Å²) in [6, 6.07) is 3.85. The standard InChI is InChI=1S/C15H18N4O3S2/c1-2-13(21)19(10-5-6-10)14-17-18-15(24-14)23-9-12(20)16-8-11-4-3-7-22-11/h3-4,7,10H,2,5-6,8-9H2,1H3,(H,16,20). The Morgan fingerprint density at radius 2 is 2.29 bits per heavy atom. The first-order chi connectivity index (χ1) is 11.7. The van der Waals surface area contributed by atoms with E-state index in [-0.39, 0.29) is 23.6 Å². The third-order valence-corrected chi connectivity index (χ3v) is 5.51. The zero-order valence-corrected chi connectivity index (χ0v) is 14.9. The highest BCUT2D eigenvalue weighted by molar-refractivity contribution is 8.01. The van der Waals surface area contributed by atoms with Gasteiger partial charge in [0.2, 0.25) is 16.9 Å². The lowest BCUT2D eigenvalue weighted by atomic mass is 10.4. The Morgan fingerprint density at radius 1 is 1.46 bits per heavy atom. The monoisotopic (exact) mass is 366 g/mol. The lowest BCUT2D eigenvalue weighted by Crippen LogP contribution is -2.32. The highest BCUT2D eigenvalue weighted by Gasteiger charge is 2.35. The second-order valence-electron chi connectivity index (χ2n) is 5.34. The predicted octanol–water partition coefficient (Wildman–Crippen LogP) is 2.45. The van der Waals surface area contributed by atoms with Gasteiger partial charge in [0.1, 0.15) is 5.76 Å². The zero-order valence-electron chi connectivity index (χ0n) is 13.2. The Labute approximate surface area is 147 Å². The van der Waals surface area contributed by atoms with Crippen molar-refractivity contribution in [3.63, 3.8) is 0 Å². The van der Waals surface area contributed by atoms with Crippen LogP contribution in [0, 0.1) is 0 Å². The van der Waals surface area contributed by atoms with E-state index in [0.717, 1.165) is 12.8 Å². The van der Waals surface area contributed by atoms with Gasteiger partial charge in [-0.25, -0.2) is 0 Å². The van der Waals surface area contributed by atoms with Gasteiger partial charge in [-0.2, -0.15) is 0 Å². The summed E-state index contributed by atoms with van der Waals surface area (Å²) in [7, 11) is 0. The Kier molecular flexibility index (Phi) is 5.52. The van der Waals surface area contributed by atoms with Crippen molar-refractivity contribution in [2.24, 2.45) is 0 Å². The molecular weight excluding hydrogens is 348 g/mol. The molecule has 0 aromatic carbocycles. The van der Waals surface area contributed by atoms with E-state index in [9.17, 15) is 9.59 Å². The number of rotatable bonds is 8. The van der Waals surface area contributed by atoms with Gasteiger partial charge < -0.3 is 9.73 Å². The van der Waals surface area contributed by atoms with Crippen LogP contribution < -0.4 is 10.2 Å². The molecule has 9 heteroatoms. The average molecular weight is 366 g/mol. The summed E-state index contributed by atoms with van der Waals surface area (Å²) in [4.78, 5) is 25.6. The van der Waals surface area contributed by atoms with Gasteiger partial charge in [0.05, 0.1) is 18.6 Å². The number of furan rings is 1. The molecule has 1 saturated carbocycles. The SMILES string of the molecule is CCC(=O)N(c1nnc(SCC(=O)NCc2ccco2)s1)C1CC1. The summed E-state index contributed by atoms with van der Waals surface area (Å²) in [6.45, 7) is 2.21. The number of thioether (sulfide) groups is 1. The number of hydrogen-bond acceptors (Lipinski definition) is 7. The second-order valence-corrected chi connectivity index (χ2v) is 7.52. The van der Waals surface area contributed by atoms with Gasteiger partial charge >= 0.3 is 0 Å². The maximum absolute atomic E-state index is 12.1. The molecular formula is C15H18N4O3S2. The topological polar surface area (TPSA) is 88.3 Å². The summed E-state index contributed by atoms with van der Waals surface area (Å²) in [5, 5.41) is 11.6. The Balaban J connectivity index is 1.50. The van der Waals surface area contributed by atoms with Gasteiger partial charge in [-0.05, 0) is 25.0 Å². The summed E-state index contributed by atoms with van der Waals surface area (Å²) < 4.78 is 5.85. The predicted molar refractivity (Wildman–Crippen MR) is 92.0 cm³/mol. The number of anilines is 1. The third-order valence-electron chi connectivity index (χ3n) is 3.45. The molecule has 0 spiro atoms. The molecule has 1 aliphatic carbocycles. The van der Waals surface area contributed by atoms with Gasteiger partial charge in [0.25, 0.3) is 0 Å². The van der Waals surface area contributed by atoms with E-state index in [1.807, 2.05) is 13.0 Å². The number of carbonyl (C=O) groups is 2. The quantitative estimate of drug-likeness (QED) is 0.570. The van der Waals surface area contributed by atoms with Crippen LogP contribution in [-0.2, 0) is 16.1 Å². The second kappa shape index (κ2) is 7.80. The highest BCUT2D eigenvalue weighted by Crippen LogP contribution is 2.36. The van der Waals surface area contributed by atoms with Gasteiger partial charge in [-0.3, -0.25) is 14.5 Å². The van der Waals surface area contributed by atoms with Crippen LogP contribution in [0.1, 0.15) is 31.9 Å². The molecule has 7 nitrogen and oxygen atoms in total. The average Bonchev–Trinajstić information content (AvgIpc) is 3.09. The number of hydrogen-bond donors (Lipinski definition) is 1. The van der Waals surface area contributed by atoms with Crippen molar-refractivity contribution < 1.29 is 14.0 Å². The van der Waals surface area contributed by atoms with Crippen molar-refractivity contribution in [1.82, 2.24) is 15.5 Å². The number of nitrogens with zero attached hydrogens (tertiary/aromatic N) is 3. The molecule has 0 atom stereocenters. The molecule has 2 heterocycles. The molecule has 2 aromatic rings. The molecule has 1 aliphatic rings. The van der Waals surface area contributed by atoms with E-state index in [1.54, 1.807) is 17.2 Å². The number of aromatic nitrogens is 2. The number of nitrogens with one attached hydrogen (secondary N) is 1. The zero-order chi connectivity index (χ0) is 16.9. The van der Waals surface area contributed by atoms with Crippen LogP contribution in [0.5, 0.6) is 0 Å². The summed E-state index contributed by atoms with van der Waals surface area (Å²) >= 11 is 2.68. The van der Waals surface area contributed by atoms with E-state index in [0.29, 0.717) is 28.2 Å². The largest absolute Gasteiger partial charge is 0.467 e. The molecule has 0 bridgehead atoms. The van der Waals surface area contributed by atoms with Gasteiger partial charge in [-0.15, -0.1) is 10.2 Å². The van der Waals surface area contributed by atoms with Crippen molar-refractivity contribution in [3.8, 4) is 0 Å². The maximum Gasteiger partial charge on any atom is 0.230 e. The van der Waals surface area contributed by atoms with E-state index >= 15 is 0 Å². The first kappa shape index (κ1) is 17.0. The van der Waals surface area contributed by atoms with Crippen LogP contribution in [0.2, 0.25) is 0 Å². The maximum atomic E-state index is 12.1. The molecule has 2 amide bonds. The molecule has 0 saturated heterocycles. The Hall–Kier alpha value is -1.87. The van der Waals surface area contributed by atoms with Crippen molar-refractivity contribution in [2.75, 3.05) is 10.7 Å². The molecule has 0 radical (unpaired) electrons. The van der Waals surface area contributed by atoms with Crippen LogP contribution in [-0.4, -0.2) is 33.8 Å². The fraction of sp³-hybridized carbons (Fsp3) is 0.467. The molecule has 0 unspecified atom stereocenters. The molecule has 2 aromatic heterocycles. The van der Waals surface area contributed by atoms with Crippen molar-refractivity contribution in [3.05, 3.63) is 24.2 Å². The fourth-order valence-corrected chi connectivity index (χ4v) is 3.86. The third kappa shape index (κ3) is 4.35. The van der Waals surface area contributed by atoms with Crippen molar-refractivity contribution in [2.45, 2.75) is 43.1 Å². The van der Waals surface area contributed by atoms with Crippen molar-refractivity contribution >= 4 is 40.0 Å².